The second-order valence-corrected chi connectivity index (χ2v) is 5.67. The summed E-state index contributed by atoms with van der Waals surface area (Å²) in [6.45, 7) is 4.71. The lowest BCUT2D eigenvalue weighted by atomic mass is 10.1. The van der Waals surface area contributed by atoms with E-state index in [9.17, 15) is 14.4 Å². The van der Waals surface area contributed by atoms with E-state index in [0.29, 0.717) is 17.5 Å². The highest BCUT2D eigenvalue weighted by atomic mass is 16.7. The van der Waals surface area contributed by atoms with Gasteiger partial charge in [-0.2, -0.15) is 5.10 Å². The van der Waals surface area contributed by atoms with Crippen molar-refractivity contribution in [2.75, 3.05) is 0 Å². The van der Waals surface area contributed by atoms with Crippen LogP contribution in [0, 0.1) is 5.92 Å². The van der Waals surface area contributed by atoms with Crippen LogP contribution in [0.3, 0.4) is 0 Å². The summed E-state index contributed by atoms with van der Waals surface area (Å²) in [5, 5.41) is 4.55. The largest absolute Gasteiger partial charge is 0.367 e. The lowest BCUT2D eigenvalue weighted by Gasteiger charge is -2.11. The lowest BCUT2D eigenvalue weighted by molar-refractivity contribution is -0.0584. The number of hydrogen-bond acceptors (Lipinski definition) is 5. The first-order chi connectivity index (χ1) is 11.0. The molecule has 2 aromatic rings. The highest BCUT2D eigenvalue weighted by Crippen LogP contribution is 2.23. The van der Waals surface area contributed by atoms with Gasteiger partial charge in [-0.3, -0.25) is 14.3 Å². The number of nitrogens with zero attached hydrogens (tertiary/aromatic N) is 3. The number of aromatic nitrogens is 2. The Morgan fingerprint density at radius 1 is 1.17 bits per heavy atom. The summed E-state index contributed by atoms with van der Waals surface area (Å²) in [4.78, 5) is 41.3. The third-order valence-corrected chi connectivity index (χ3v) is 3.35. The van der Waals surface area contributed by atoms with E-state index in [1.807, 2.05) is 13.8 Å². The molecule has 0 saturated carbocycles. The van der Waals surface area contributed by atoms with Crippen molar-refractivity contribution in [3.8, 4) is 0 Å². The SMILES string of the molecule is CC(C)Cn1cc(C(=O)ON2C(=O)c3ccccc3C2=O)cn1. The van der Waals surface area contributed by atoms with Gasteiger partial charge in [-0.05, 0) is 18.1 Å². The second-order valence-electron chi connectivity index (χ2n) is 5.67. The van der Waals surface area contributed by atoms with Crippen molar-refractivity contribution in [1.82, 2.24) is 14.8 Å². The van der Waals surface area contributed by atoms with Crippen molar-refractivity contribution in [2.45, 2.75) is 20.4 Å². The first-order valence-corrected chi connectivity index (χ1v) is 7.20. The molecule has 23 heavy (non-hydrogen) atoms. The van der Waals surface area contributed by atoms with Crippen LogP contribution in [-0.4, -0.2) is 32.6 Å². The van der Waals surface area contributed by atoms with E-state index in [0.717, 1.165) is 0 Å². The summed E-state index contributed by atoms with van der Waals surface area (Å²) in [5.41, 5.74) is 0.629. The number of amides is 2. The fourth-order valence-corrected chi connectivity index (χ4v) is 2.33. The van der Waals surface area contributed by atoms with Crippen molar-refractivity contribution >= 4 is 17.8 Å². The molecular weight excluding hydrogens is 298 g/mol. The van der Waals surface area contributed by atoms with Crippen molar-refractivity contribution in [2.24, 2.45) is 5.92 Å². The van der Waals surface area contributed by atoms with Crippen LogP contribution < -0.4 is 0 Å². The van der Waals surface area contributed by atoms with Crippen LogP contribution in [0.5, 0.6) is 0 Å². The fraction of sp³-hybridized carbons (Fsp3) is 0.250. The molecule has 7 nitrogen and oxygen atoms in total. The molecule has 1 aromatic heterocycles. The zero-order valence-electron chi connectivity index (χ0n) is 12.7. The summed E-state index contributed by atoms with van der Waals surface area (Å²) in [6, 6.07) is 6.32. The van der Waals surface area contributed by atoms with E-state index in [1.165, 1.54) is 24.5 Å². The van der Waals surface area contributed by atoms with E-state index < -0.39 is 17.8 Å². The highest BCUT2D eigenvalue weighted by Gasteiger charge is 2.38. The molecule has 0 spiro atoms. The van der Waals surface area contributed by atoms with E-state index in [4.69, 9.17) is 4.84 Å². The molecule has 0 bridgehead atoms. The first-order valence-electron chi connectivity index (χ1n) is 7.20. The molecule has 0 aliphatic carbocycles. The van der Waals surface area contributed by atoms with E-state index in [-0.39, 0.29) is 16.7 Å². The highest BCUT2D eigenvalue weighted by molar-refractivity contribution is 6.21. The summed E-state index contributed by atoms with van der Waals surface area (Å²) in [6.07, 6.45) is 2.88. The van der Waals surface area contributed by atoms with Crippen LogP contribution in [0.2, 0.25) is 0 Å². The molecule has 2 heterocycles. The minimum Gasteiger partial charge on any atom is -0.324 e. The molecule has 3 rings (SSSR count). The van der Waals surface area contributed by atoms with Crippen LogP contribution >= 0.6 is 0 Å². The average molecular weight is 313 g/mol. The van der Waals surface area contributed by atoms with Gasteiger partial charge in [0.25, 0.3) is 11.8 Å². The predicted octanol–water partition coefficient (Wildman–Crippen LogP) is 1.91. The molecule has 1 aliphatic rings. The zero-order chi connectivity index (χ0) is 16.6. The maximum Gasteiger partial charge on any atom is 0.367 e. The van der Waals surface area contributed by atoms with Crippen molar-refractivity contribution in [3.05, 3.63) is 53.3 Å². The fourth-order valence-electron chi connectivity index (χ4n) is 2.33. The standard InChI is InChI=1S/C16H15N3O4/c1-10(2)8-18-9-11(7-17-18)16(22)23-19-14(20)12-5-3-4-6-13(12)15(19)21/h3-7,9-10H,8H2,1-2H3. The predicted molar refractivity (Wildman–Crippen MR) is 79.4 cm³/mol. The third-order valence-electron chi connectivity index (χ3n) is 3.35. The van der Waals surface area contributed by atoms with E-state index in [1.54, 1.807) is 16.8 Å². The van der Waals surface area contributed by atoms with Gasteiger partial charge in [-0.1, -0.05) is 31.0 Å². The molecule has 7 heteroatoms. The zero-order valence-corrected chi connectivity index (χ0v) is 12.7. The number of hydrogen-bond donors (Lipinski definition) is 0. The molecular formula is C16H15N3O4. The van der Waals surface area contributed by atoms with Crippen LogP contribution in [0.4, 0.5) is 0 Å². The Bertz CT molecular complexity index is 759. The number of benzene rings is 1. The molecule has 0 radical (unpaired) electrons. The smallest absolute Gasteiger partial charge is 0.324 e. The summed E-state index contributed by atoms with van der Waals surface area (Å²) >= 11 is 0. The van der Waals surface area contributed by atoms with Gasteiger partial charge in [-0.25, -0.2) is 4.79 Å². The maximum absolute atomic E-state index is 12.1. The Hall–Kier alpha value is -2.96. The van der Waals surface area contributed by atoms with E-state index >= 15 is 0 Å². The van der Waals surface area contributed by atoms with Crippen molar-refractivity contribution < 1.29 is 19.2 Å². The minimum absolute atomic E-state index is 0.183. The molecule has 0 fully saturated rings. The molecule has 1 aromatic carbocycles. The van der Waals surface area contributed by atoms with Gasteiger partial charge in [-0.15, -0.1) is 0 Å². The number of carbonyl (C=O) groups excluding carboxylic acids is 3. The summed E-state index contributed by atoms with van der Waals surface area (Å²) in [5.74, 6) is -1.72. The Morgan fingerprint density at radius 3 is 2.35 bits per heavy atom. The monoisotopic (exact) mass is 313 g/mol. The first kappa shape index (κ1) is 15.0. The molecule has 0 unspecified atom stereocenters. The van der Waals surface area contributed by atoms with Gasteiger partial charge >= 0.3 is 5.97 Å². The van der Waals surface area contributed by atoms with Crippen LogP contribution in [0.25, 0.3) is 0 Å². The van der Waals surface area contributed by atoms with Crippen LogP contribution in [-0.2, 0) is 11.4 Å². The van der Waals surface area contributed by atoms with Gasteiger partial charge in [0.05, 0.1) is 22.9 Å². The van der Waals surface area contributed by atoms with Gasteiger partial charge in [0, 0.05) is 12.7 Å². The number of fused-ring (bicyclic) bond motifs is 1. The minimum atomic E-state index is -0.797. The number of rotatable bonds is 4. The van der Waals surface area contributed by atoms with Crippen molar-refractivity contribution in [3.63, 3.8) is 0 Å². The van der Waals surface area contributed by atoms with Crippen LogP contribution in [0.1, 0.15) is 44.9 Å². The Labute approximate surface area is 132 Å². The van der Waals surface area contributed by atoms with Gasteiger partial charge < -0.3 is 4.84 Å². The third kappa shape index (κ3) is 2.73. The van der Waals surface area contributed by atoms with Gasteiger partial charge in [0.2, 0.25) is 0 Å². The number of hydroxylamine groups is 2. The molecule has 118 valence electrons. The normalized spacial score (nSPS) is 13.6. The lowest BCUT2D eigenvalue weighted by Crippen LogP contribution is -2.32. The number of imide groups is 1. The van der Waals surface area contributed by atoms with Crippen LogP contribution in [0.15, 0.2) is 36.7 Å². The summed E-state index contributed by atoms with van der Waals surface area (Å²) < 4.78 is 1.61. The Kier molecular flexibility index (Phi) is 3.69. The topological polar surface area (TPSA) is 81.5 Å². The molecule has 0 saturated heterocycles. The summed E-state index contributed by atoms with van der Waals surface area (Å²) in [7, 11) is 0. The van der Waals surface area contributed by atoms with Crippen molar-refractivity contribution in [1.29, 1.82) is 0 Å². The number of carbonyl (C=O) groups is 3. The molecule has 0 N–H and O–H groups in total. The maximum atomic E-state index is 12.1. The van der Waals surface area contributed by atoms with Gasteiger partial charge in [0.1, 0.15) is 0 Å². The van der Waals surface area contributed by atoms with E-state index in [2.05, 4.69) is 5.10 Å². The average Bonchev–Trinajstić information content (AvgIpc) is 3.06. The molecule has 0 atom stereocenters. The Balaban J connectivity index is 1.75. The Morgan fingerprint density at radius 2 is 1.78 bits per heavy atom. The molecule has 2 amide bonds. The molecule has 1 aliphatic heterocycles. The van der Waals surface area contributed by atoms with Gasteiger partial charge in [0.15, 0.2) is 0 Å². The quantitative estimate of drug-likeness (QED) is 0.805. The second kappa shape index (κ2) is 5.68.